The highest BCUT2D eigenvalue weighted by atomic mass is 32.2. The van der Waals surface area contributed by atoms with Crippen molar-refractivity contribution < 1.29 is 13.2 Å². The molecule has 37 heavy (non-hydrogen) atoms. The number of amides is 1. The Labute approximate surface area is 219 Å². The van der Waals surface area contributed by atoms with Crippen LogP contribution in [0.4, 0.5) is 11.5 Å². The molecule has 196 valence electrons. The summed E-state index contributed by atoms with van der Waals surface area (Å²) in [5.41, 5.74) is 6.00. The highest BCUT2D eigenvalue weighted by molar-refractivity contribution is 7.92. The summed E-state index contributed by atoms with van der Waals surface area (Å²) in [6.07, 6.45) is 11.0. The first-order valence-corrected chi connectivity index (χ1v) is 14.1. The summed E-state index contributed by atoms with van der Waals surface area (Å²) in [7, 11) is 0.612. The van der Waals surface area contributed by atoms with Gasteiger partial charge < -0.3 is 10.2 Å². The Kier molecular flexibility index (Phi) is 9.54. The lowest BCUT2D eigenvalue weighted by Gasteiger charge is -2.15. The standard InChI is InChI=1S/C28H35N5O3S/c1-6-7-8-9-25(28(34)31-24-12-13-27(30-18-24)32-37(5,35)36)26-15-22(11-10-20(26)2)23-14-21(16-29-17-23)19-33(3)4/h9-18H,6-8,19H2,1-5H3,(H,30,32)(H,31,34)/b25-9+. The molecule has 2 aromatic heterocycles. The number of nitrogens with one attached hydrogen (secondary N) is 2. The maximum atomic E-state index is 13.5. The maximum Gasteiger partial charge on any atom is 0.255 e. The average molecular weight is 522 g/mol. The van der Waals surface area contributed by atoms with Crippen molar-refractivity contribution >= 4 is 33.0 Å². The van der Waals surface area contributed by atoms with Crippen molar-refractivity contribution in [1.29, 1.82) is 0 Å². The van der Waals surface area contributed by atoms with Crippen LogP contribution < -0.4 is 10.0 Å². The number of hydrogen-bond donors (Lipinski definition) is 2. The van der Waals surface area contributed by atoms with Gasteiger partial charge in [0.05, 0.1) is 18.1 Å². The largest absolute Gasteiger partial charge is 0.321 e. The van der Waals surface area contributed by atoms with Crippen LogP contribution in [0.25, 0.3) is 16.7 Å². The van der Waals surface area contributed by atoms with Gasteiger partial charge in [-0.1, -0.05) is 38.0 Å². The van der Waals surface area contributed by atoms with Crippen LogP contribution in [0.2, 0.25) is 0 Å². The third-order valence-electron chi connectivity index (χ3n) is 5.62. The van der Waals surface area contributed by atoms with E-state index in [-0.39, 0.29) is 11.7 Å². The number of hydrogen-bond acceptors (Lipinski definition) is 6. The van der Waals surface area contributed by atoms with E-state index in [0.717, 1.165) is 59.9 Å². The molecule has 0 bridgehead atoms. The van der Waals surface area contributed by atoms with Gasteiger partial charge >= 0.3 is 0 Å². The molecule has 2 heterocycles. The molecule has 3 rings (SSSR count). The number of aryl methyl sites for hydroxylation is 1. The fourth-order valence-corrected chi connectivity index (χ4v) is 4.38. The van der Waals surface area contributed by atoms with Crippen LogP contribution >= 0.6 is 0 Å². The lowest BCUT2D eigenvalue weighted by molar-refractivity contribution is -0.111. The third kappa shape index (κ3) is 8.51. The van der Waals surface area contributed by atoms with Gasteiger partial charge in [0.1, 0.15) is 5.82 Å². The van der Waals surface area contributed by atoms with E-state index in [1.165, 1.54) is 12.3 Å². The molecule has 0 aliphatic carbocycles. The van der Waals surface area contributed by atoms with E-state index >= 15 is 0 Å². The molecular weight excluding hydrogens is 486 g/mol. The van der Waals surface area contributed by atoms with Gasteiger partial charge in [-0.2, -0.15) is 0 Å². The fourth-order valence-electron chi connectivity index (χ4n) is 3.88. The van der Waals surface area contributed by atoms with Crippen molar-refractivity contribution in [1.82, 2.24) is 14.9 Å². The Bertz CT molecular complexity index is 1370. The number of sulfonamides is 1. The molecule has 1 amide bonds. The topological polar surface area (TPSA) is 104 Å². The van der Waals surface area contributed by atoms with Gasteiger partial charge in [0, 0.05) is 30.1 Å². The maximum absolute atomic E-state index is 13.5. The molecule has 8 nitrogen and oxygen atoms in total. The number of carbonyl (C=O) groups is 1. The fraction of sp³-hybridized carbons (Fsp3) is 0.321. The number of nitrogens with zero attached hydrogens (tertiary/aromatic N) is 3. The molecule has 2 N–H and O–H groups in total. The van der Waals surface area contributed by atoms with Crippen LogP contribution in [-0.4, -0.2) is 49.5 Å². The van der Waals surface area contributed by atoms with Crippen molar-refractivity contribution in [2.75, 3.05) is 30.4 Å². The van der Waals surface area contributed by atoms with Crippen LogP contribution in [0.3, 0.4) is 0 Å². The minimum Gasteiger partial charge on any atom is -0.321 e. The van der Waals surface area contributed by atoms with Crippen molar-refractivity contribution in [2.45, 2.75) is 39.7 Å². The zero-order valence-electron chi connectivity index (χ0n) is 22.1. The predicted molar refractivity (Wildman–Crippen MR) is 151 cm³/mol. The number of rotatable bonds is 11. The zero-order valence-corrected chi connectivity index (χ0v) is 22.9. The molecular formula is C28H35N5O3S. The lowest BCUT2D eigenvalue weighted by Crippen LogP contribution is -2.15. The average Bonchev–Trinajstić information content (AvgIpc) is 2.82. The van der Waals surface area contributed by atoms with Gasteiger partial charge in [-0.05, 0) is 74.0 Å². The van der Waals surface area contributed by atoms with E-state index in [9.17, 15) is 13.2 Å². The first-order chi connectivity index (χ1) is 17.6. The van der Waals surface area contributed by atoms with Crippen molar-refractivity contribution in [3.05, 3.63) is 77.8 Å². The highest BCUT2D eigenvalue weighted by Crippen LogP contribution is 2.29. The molecule has 1 aromatic carbocycles. The lowest BCUT2D eigenvalue weighted by atomic mass is 9.93. The van der Waals surface area contributed by atoms with Crippen LogP contribution in [0, 0.1) is 6.92 Å². The molecule has 0 unspecified atom stereocenters. The van der Waals surface area contributed by atoms with Crippen LogP contribution in [0.5, 0.6) is 0 Å². The SMILES string of the molecule is CCCC/C=C(/C(=O)Nc1ccc(NS(C)(=O)=O)nc1)c1cc(-c2cncc(CN(C)C)c2)ccc1C. The normalized spacial score (nSPS) is 12.0. The summed E-state index contributed by atoms with van der Waals surface area (Å²) in [6, 6.07) is 11.4. The molecule has 3 aromatic rings. The van der Waals surface area contributed by atoms with E-state index in [1.54, 1.807) is 6.07 Å². The molecule has 0 atom stereocenters. The van der Waals surface area contributed by atoms with Gasteiger partial charge in [-0.15, -0.1) is 0 Å². The summed E-state index contributed by atoms with van der Waals surface area (Å²) in [5.74, 6) is -0.0608. The second-order valence-corrected chi connectivity index (χ2v) is 11.1. The highest BCUT2D eigenvalue weighted by Gasteiger charge is 2.16. The molecule has 0 saturated heterocycles. The van der Waals surface area contributed by atoms with Crippen molar-refractivity contribution in [3.8, 4) is 11.1 Å². The van der Waals surface area contributed by atoms with Gasteiger partial charge in [-0.25, -0.2) is 13.4 Å². The number of unbranched alkanes of at least 4 members (excludes halogenated alkanes) is 2. The van der Waals surface area contributed by atoms with Gasteiger partial charge in [0.15, 0.2) is 0 Å². The number of allylic oxidation sites excluding steroid dienone is 1. The quantitative estimate of drug-likeness (QED) is 0.269. The zero-order chi connectivity index (χ0) is 27.0. The Balaban J connectivity index is 1.92. The molecule has 0 spiro atoms. The van der Waals surface area contributed by atoms with Crippen molar-refractivity contribution in [2.24, 2.45) is 0 Å². The Morgan fingerprint density at radius 2 is 1.84 bits per heavy atom. The summed E-state index contributed by atoms with van der Waals surface area (Å²) in [4.78, 5) is 24.1. The number of carbonyl (C=O) groups excluding carboxylic acids is 1. The third-order valence-corrected chi connectivity index (χ3v) is 6.20. The van der Waals surface area contributed by atoms with Gasteiger partial charge in [-0.3, -0.25) is 14.5 Å². The van der Waals surface area contributed by atoms with Gasteiger partial charge in [0.25, 0.3) is 5.91 Å². The smallest absolute Gasteiger partial charge is 0.255 e. The Hall–Kier alpha value is -3.56. The number of aromatic nitrogens is 2. The molecule has 0 aliphatic heterocycles. The van der Waals surface area contributed by atoms with Crippen LogP contribution in [0.15, 0.2) is 61.1 Å². The molecule has 0 fully saturated rings. The van der Waals surface area contributed by atoms with E-state index in [0.29, 0.717) is 11.3 Å². The first kappa shape index (κ1) is 28.0. The minimum atomic E-state index is -3.43. The molecule has 9 heteroatoms. The van der Waals surface area contributed by atoms with Gasteiger partial charge in [0.2, 0.25) is 10.0 Å². The number of anilines is 2. The van der Waals surface area contributed by atoms with E-state index in [4.69, 9.17) is 0 Å². The summed E-state index contributed by atoms with van der Waals surface area (Å²) < 4.78 is 25.2. The van der Waals surface area contributed by atoms with E-state index < -0.39 is 10.0 Å². The Morgan fingerprint density at radius 1 is 1.05 bits per heavy atom. The number of pyridine rings is 2. The van der Waals surface area contributed by atoms with Crippen LogP contribution in [0.1, 0.15) is 42.9 Å². The Morgan fingerprint density at radius 3 is 2.49 bits per heavy atom. The second-order valence-electron chi connectivity index (χ2n) is 9.37. The van der Waals surface area contributed by atoms with E-state index in [1.807, 2.05) is 57.7 Å². The van der Waals surface area contributed by atoms with Crippen LogP contribution in [-0.2, 0) is 21.4 Å². The molecule has 0 radical (unpaired) electrons. The number of benzene rings is 1. The molecule has 0 aliphatic rings. The summed E-state index contributed by atoms with van der Waals surface area (Å²) in [5, 5.41) is 2.91. The molecule has 0 saturated carbocycles. The minimum absolute atomic E-state index is 0.188. The summed E-state index contributed by atoms with van der Waals surface area (Å²) >= 11 is 0. The summed E-state index contributed by atoms with van der Waals surface area (Å²) in [6.45, 7) is 4.90. The first-order valence-electron chi connectivity index (χ1n) is 12.2. The van der Waals surface area contributed by atoms with Crippen molar-refractivity contribution in [3.63, 3.8) is 0 Å². The second kappa shape index (κ2) is 12.6. The van der Waals surface area contributed by atoms with E-state index in [2.05, 4.69) is 37.9 Å². The monoisotopic (exact) mass is 521 g/mol. The predicted octanol–water partition coefficient (Wildman–Crippen LogP) is 5.10.